The number of hydrogen-bond donors (Lipinski definition) is 2. The molecule has 1 fully saturated rings. The molecule has 0 aliphatic carbocycles. The first-order valence-corrected chi connectivity index (χ1v) is 11.1. The summed E-state index contributed by atoms with van der Waals surface area (Å²) in [6, 6.07) is 10.3. The molecular formula is C18H19NO6S2. The lowest BCUT2D eigenvalue weighted by Crippen LogP contribution is -2.18. The summed E-state index contributed by atoms with van der Waals surface area (Å²) >= 11 is 0. The topological polar surface area (TPSA) is 112 Å². The van der Waals surface area contributed by atoms with E-state index in [9.17, 15) is 21.4 Å². The Morgan fingerprint density at radius 3 is 2.00 bits per heavy atom. The highest BCUT2D eigenvalue weighted by molar-refractivity contribution is 7.86. The molecule has 0 bridgehead atoms. The minimum atomic E-state index is -4.41. The van der Waals surface area contributed by atoms with E-state index < -0.39 is 20.2 Å². The summed E-state index contributed by atoms with van der Waals surface area (Å²) in [5, 5.41) is 0. The predicted octanol–water partition coefficient (Wildman–Crippen LogP) is 2.95. The molecule has 144 valence electrons. The largest absolute Gasteiger partial charge is 0.371 e. The minimum absolute atomic E-state index is 0.183. The van der Waals surface area contributed by atoms with E-state index in [1.165, 1.54) is 36.4 Å². The average Bonchev–Trinajstić information content (AvgIpc) is 3.13. The second-order valence-electron chi connectivity index (χ2n) is 6.27. The van der Waals surface area contributed by atoms with Gasteiger partial charge in [-0.25, -0.2) is 0 Å². The normalized spacial score (nSPS) is 15.6. The van der Waals surface area contributed by atoms with Gasteiger partial charge in [0.25, 0.3) is 20.2 Å². The van der Waals surface area contributed by atoms with Gasteiger partial charge in [0.1, 0.15) is 4.90 Å². The van der Waals surface area contributed by atoms with Crippen molar-refractivity contribution in [2.45, 2.75) is 22.6 Å². The van der Waals surface area contributed by atoms with E-state index >= 15 is 0 Å². The molecule has 0 amide bonds. The first kappa shape index (κ1) is 19.6. The van der Waals surface area contributed by atoms with Crippen LogP contribution >= 0.6 is 0 Å². The molecule has 0 saturated carbocycles. The van der Waals surface area contributed by atoms with Crippen molar-refractivity contribution in [3.8, 4) is 0 Å². The Balaban J connectivity index is 1.92. The molecular weight excluding hydrogens is 390 g/mol. The van der Waals surface area contributed by atoms with Crippen LogP contribution in [0.3, 0.4) is 0 Å². The Morgan fingerprint density at radius 1 is 0.815 bits per heavy atom. The number of hydrogen-bond acceptors (Lipinski definition) is 5. The Labute approximate surface area is 158 Å². The molecule has 9 heteroatoms. The molecule has 0 spiro atoms. The second-order valence-corrected chi connectivity index (χ2v) is 9.08. The van der Waals surface area contributed by atoms with Crippen LogP contribution in [0, 0.1) is 0 Å². The van der Waals surface area contributed by atoms with Crippen LogP contribution < -0.4 is 4.90 Å². The minimum Gasteiger partial charge on any atom is -0.371 e. The Kier molecular flexibility index (Phi) is 5.38. The van der Waals surface area contributed by atoms with Gasteiger partial charge in [-0.15, -0.1) is 0 Å². The molecule has 0 aromatic heterocycles. The van der Waals surface area contributed by atoms with Crippen LogP contribution in [0.15, 0.2) is 52.3 Å². The van der Waals surface area contributed by atoms with Gasteiger partial charge < -0.3 is 4.90 Å². The third kappa shape index (κ3) is 4.75. The smallest absolute Gasteiger partial charge is 0.295 e. The van der Waals surface area contributed by atoms with Gasteiger partial charge in [-0.1, -0.05) is 30.4 Å². The lowest BCUT2D eigenvalue weighted by molar-refractivity contribution is 0.481. The summed E-state index contributed by atoms with van der Waals surface area (Å²) < 4.78 is 64.3. The Bertz CT molecular complexity index is 1070. The highest BCUT2D eigenvalue weighted by atomic mass is 32.2. The molecule has 1 heterocycles. The summed E-state index contributed by atoms with van der Waals surface area (Å²) in [6.07, 6.45) is 5.21. The van der Waals surface area contributed by atoms with Crippen LogP contribution in [-0.4, -0.2) is 39.0 Å². The average molecular weight is 409 g/mol. The molecule has 1 aliphatic rings. The highest BCUT2D eigenvalue weighted by Crippen LogP contribution is 2.27. The summed E-state index contributed by atoms with van der Waals surface area (Å²) in [5.74, 6) is 0. The van der Waals surface area contributed by atoms with Crippen LogP contribution in [0.5, 0.6) is 0 Å². The van der Waals surface area contributed by atoms with Gasteiger partial charge in [-0.3, -0.25) is 9.11 Å². The molecule has 2 aromatic carbocycles. The van der Waals surface area contributed by atoms with Gasteiger partial charge in [0.15, 0.2) is 0 Å². The van der Waals surface area contributed by atoms with Crippen LogP contribution in [-0.2, 0) is 20.2 Å². The molecule has 7 nitrogen and oxygen atoms in total. The number of benzene rings is 2. The van der Waals surface area contributed by atoms with Gasteiger partial charge in [0.2, 0.25) is 0 Å². The molecule has 1 aliphatic heterocycles. The van der Waals surface area contributed by atoms with Crippen LogP contribution in [0.4, 0.5) is 5.69 Å². The summed E-state index contributed by atoms with van der Waals surface area (Å²) in [7, 11) is -8.67. The van der Waals surface area contributed by atoms with Crippen molar-refractivity contribution in [1.29, 1.82) is 0 Å². The quantitative estimate of drug-likeness (QED) is 0.577. The molecule has 1 saturated heterocycles. The zero-order valence-electron chi connectivity index (χ0n) is 14.3. The molecule has 2 aromatic rings. The van der Waals surface area contributed by atoms with E-state index in [4.69, 9.17) is 4.55 Å². The molecule has 0 radical (unpaired) electrons. The predicted molar refractivity (Wildman–Crippen MR) is 103 cm³/mol. The zero-order chi connectivity index (χ0) is 19.7. The molecule has 0 unspecified atom stereocenters. The van der Waals surface area contributed by atoms with Crippen molar-refractivity contribution in [1.82, 2.24) is 0 Å². The monoisotopic (exact) mass is 409 g/mol. The first-order chi connectivity index (χ1) is 12.6. The highest BCUT2D eigenvalue weighted by Gasteiger charge is 2.19. The van der Waals surface area contributed by atoms with Gasteiger partial charge in [-0.2, -0.15) is 16.8 Å². The van der Waals surface area contributed by atoms with E-state index in [2.05, 4.69) is 4.90 Å². The number of nitrogens with zero attached hydrogens (tertiary/aromatic N) is 1. The van der Waals surface area contributed by atoms with Crippen molar-refractivity contribution in [2.24, 2.45) is 0 Å². The van der Waals surface area contributed by atoms with Gasteiger partial charge in [0, 0.05) is 18.8 Å². The van der Waals surface area contributed by atoms with E-state index in [1.54, 1.807) is 18.2 Å². The van der Waals surface area contributed by atoms with Crippen LogP contribution in [0.1, 0.15) is 24.0 Å². The number of anilines is 1. The van der Waals surface area contributed by atoms with Crippen LogP contribution in [0.25, 0.3) is 12.2 Å². The van der Waals surface area contributed by atoms with Crippen molar-refractivity contribution < 1.29 is 25.9 Å². The summed E-state index contributed by atoms with van der Waals surface area (Å²) in [6.45, 7) is 1.69. The maximum atomic E-state index is 11.8. The first-order valence-electron chi connectivity index (χ1n) is 8.27. The fourth-order valence-corrected chi connectivity index (χ4v) is 4.18. The maximum Gasteiger partial charge on any atom is 0.295 e. The fourth-order valence-electron chi connectivity index (χ4n) is 2.99. The van der Waals surface area contributed by atoms with Gasteiger partial charge in [0.05, 0.1) is 4.90 Å². The third-order valence-corrected chi connectivity index (χ3v) is 6.16. The van der Waals surface area contributed by atoms with Gasteiger partial charge >= 0.3 is 0 Å². The Morgan fingerprint density at radius 2 is 1.44 bits per heavy atom. The SMILES string of the molecule is O=S(=O)(O)c1ccc(C=Cc2ccc(N3CCCC3)cc2S(=O)(=O)O)cc1. The standard InChI is InChI=1S/C18H19NO6S2/c20-26(21,22)17-9-4-14(5-10-17)3-6-15-7-8-16(19-11-1-2-12-19)13-18(15)27(23,24)25/h3-10,13H,1-2,11-12H2,(H,20,21,22)(H,23,24,25). The molecule has 2 N–H and O–H groups in total. The zero-order valence-corrected chi connectivity index (χ0v) is 15.9. The van der Waals surface area contributed by atoms with Gasteiger partial charge in [-0.05, 0) is 48.2 Å². The lowest BCUT2D eigenvalue weighted by Gasteiger charge is -2.18. The summed E-state index contributed by atoms with van der Waals surface area (Å²) in [4.78, 5) is 1.65. The van der Waals surface area contributed by atoms with Crippen LogP contribution in [0.2, 0.25) is 0 Å². The fraction of sp³-hybridized carbons (Fsp3) is 0.222. The molecule has 3 rings (SSSR count). The van der Waals surface area contributed by atoms with E-state index in [1.807, 2.05) is 0 Å². The second kappa shape index (κ2) is 7.43. The summed E-state index contributed by atoms with van der Waals surface area (Å²) in [5.41, 5.74) is 1.67. The maximum absolute atomic E-state index is 11.8. The molecule has 27 heavy (non-hydrogen) atoms. The van der Waals surface area contributed by atoms with Crippen molar-refractivity contribution >= 4 is 38.1 Å². The number of rotatable bonds is 5. The third-order valence-electron chi connectivity index (χ3n) is 4.38. The van der Waals surface area contributed by atoms with Crippen molar-refractivity contribution in [3.05, 3.63) is 53.6 Å². The van der Waals surface area contributed by atoms with E-state index in [-0.39, 0.29) is 9.79 Å². The van der Waals surface area contributed by atoms with E-state index in [0.717, 1.165) is 31.6 Å². The lowest BCUT2D eigenvalue weighted by atomic mass is 10.1. The van der Waals surface area contributed by atoms with Crippen molar-refractivity contribution in [2.75, 3.05) is 18.0 Å². The Hall–Kier alpha value is -2.20. The van der Waals surface area contributed by atoms with E-state index in [0.29, 0.717) is 11.1 Å². The van der Waals surface area contributed by atoms with Crippen molar-refractivity contribution in [3.63, 3.8) is 0 Å². The molecule has 0 atom stereocenters.